The molecule has 2 unspecified atom stereocenters. The van der Waals surface area contributed by atoms with Crippen LogP contribution in [0.5, 0.6) is 0 Å². The van der Waals surface area contributed by atoms with Gasteiger partial charge in [0.25, 0.3) is 0 Å². The maximum absolute atomic E-state index is 12.4. The van der Waals surface area contributed by atoms with Gasteiger partial charge in [0.05, 0.1) is 30.1 Å². The van der Waals surface area contributed by atoms with Gasteiger partial charge >= 0.3 is 12.0 Å². The van der Waals surface area contributed by atoms with E-state index in [0.29, 0.717) is 36.0 Å². The number of anilines is 1. The van der Waals surface area contributed by atoms with Crippen molar-refractivity contribution in [1.29, 1.82) is 0 Å². The number of ether oxygens (including phenoxy) is 1. The molecule has 0 bridgehead atoms. The highest BCUT2D eigenvalue weighted by Gasteiger charge is 2.42. The number of fused-ring (bicyclic) bond motifs is 4. The maximum atomic E-state index is 12.4. The maximum Gasteiger partial charge on any atom is 0.337 e. The first-order valence-corrected chi connectivity index (χ1v) is 18.2. The van der Waals surface area contributed by atoms with Crippen molar-refractivity contribution in [2.75, 3.05) is 51.4 Å². The molecule has 0 saturated carbocycles. The number of hydrogen-bond acceptors (Lipinski definition) is 9. The summed E-state index contributed by atoms with van der Waals surface area (Å²) in [5.41, 5.74) is 3.13. The highest BCUT2D eigenvalue weighted by Crippen LogP contribution is 2.33. The Morgan fingerprint density at radius 2 is 1.84 bits per heavy atom. The monoisotopic (exact) mass is 686 g/mol. The van der Waals surface area contributed by atoms with Crippen LogP contribution in [0, 0.1) is 0 Å². The highest BCUT2D eigenvalue weighted by molar-refractivity contribution is 8.00. The van der Waals surface area contributed by atoms with Gasteiger partial charge in [-0.15, -0.1) is 0 Å². The van der Waals surface area contributed by atoms with Crippen LogP contribution in [0.1, 0.15) is 60.3 Å². The van der Waals surface area contributed by atoms with Crippen LogP contribution in [0.3, 0.4) is 0 Å². The lowest BCUT2D eigenvalue weighted by Gasteiger charge is -2.17. The predicted molar refractivity (Wildman–Crippen MR) is 194 cm³/mol. The normalized spacial score (nSPS) is 18.4. The van der Waals surface area contributed by atoms with Crippen LogP contribution < -0.4 is 21.3 Å². The second-order valence-electron chi connectivity index (χ2n) is 12.9. The molecule has 2 aliphatic rings. The highest BCUT2D eigenvalue weighted by atomic mass is 32.2. The van der Waals surface area contributed by atoms with E-state index in [9.17, 15) is 14.4 Å². The summed E-state index contributed by atoms with van der Waals surface area (Å²) < 4.78 is 4.91. The molecule has 2 aromatic heterocycles. The average Bonchev–Trinajstić information content (AvgIpc) is 3.78. The fraction of sp³-hybridized carbons (Fsp3) is 0.472. The molecule has 4 aromatic rings. The third kappa shape index (κ3) is 8.82. The SMILES string of the molecule is COC(=O)c1ccc2c(c1)[nH]c1nc(Cc3ccccc3)nc(NCCCN(C)CCCNC(=O)CCCC[C@@H]3SCC4NC(=O)NC43)c12. The number of unbranched alkanes of at least 4 members (excludes halogenated alkanes) is 1. The van der Waals surface area contributed by atoms with Crippen LogP contribution in [0.4, 0.5) is 10.6 Å². The number of thioether (sulfide) groups is 1. The Kier molecular flexibility index (Phi) is 11.5. The predicted octanol–water partition coefficient (Wildman–Crippen LogP) is 4.45. The Hall–Kier alpha value is -4.36. The van der Waals surface area contributed by atoms with E-state index in [2.05, 4.69) is 50.3 Å². The third-order valence-corrected chi connectivity index (χ3v) is 10.8. The van der Waals surface area contributed by atoms with E-state index < -0.39 is 0 Å². The van der Waals surface area contributed by atoms with E-state index in [1.54, 1.807) is 12.1 Å². The standard InChI is InChI=1S/C36H46N8O4S/c1-44(18-8-16-37-30(45)13-7-6-12-28-32-27(22-49-28)40-36(47)43-32)19-9-17-38-33-31-25-15-14-24(35(46)48-2)21-26(25)39-34(31)42-29(41-33)20-23-10-4-3-5-11-23/h3-5,10-11,14-15,21,27-28,32H,6-9,12-13,16-20,22H2,1-2H3,(H,37,45)(H2,40,43,47)(H2,38,39,41,42)/t27?,28-,32?/m0/s1. The summed E-state index contributed by atoms with van der Waals surface area (Å²) >= 11 is 1.92. The number of aromatic nitrogens is 3. The number of aromatic amines is 1. The van der Waals surface area contributed by atoms with Gasteiger partial charge in [-0.2, -0.15) is 11.8 Å². The lowest BCUT2D eigenvalue weighted by atomic mass is 10.0. The van der Waals surface area contributed by atoms with Crippen molar-refractivity contribution in [2.45, 2.75) is 62.3 Å². The molecule has 3 amide bonds. The minimum atomic E-state index is -0.385. The van der Waals surface area contributed by atoms with Crippen LogP contribution in [0.25, 0.3) is 21.9 Å². The summed E-state index contributed by atoms with van der Waals surface area (Å²) in [6, 6.07) is 16.1. The molecule has 0 spiro atoms. The number of H-pyrrole nitrogens is 1. The quantitative estimate of drug-likeness (QED) is 0.0616. The molecule has 2 fully saturated rings. The van der Waals surface area contributed by atoms with Gasteiger partial charge in [0, 0.05) is 47.8 Å². The Morgan fingerprint density at radius 1 is 1.02 bits per heavy atom. The van der Waals surface area contributed by atoms with Crippen LogP contribution in [-0.4, -0.2) is 101 Å². The van der Waals surface area contributed by atoms with Gasteiger partial charge in [0.1, 0.15) is 17.3 Å². The van der Waals surface area contributed by atoms with E-state index in [-0.39, 0.29) is 30.0 Å². The van der Waals surface area contributed by atoms with Crippen LogP contribution >= 0.6 is 11.8 Å². The molecular weight excluding hydrogens is 641 g/mol. The van der Waals surface area contributed by atoms with Gasteiger partial charge in [-0.3, -0.25) is 4.79 Å². The first-order chi connectivity index (χ1) is 23.9. The minimum absolute atomic E-state index is 0.0525. The fourth-order valence-corrected chi connectivity index (χ4v) is 8.23. The largest absolute Gasteiger partial charge is 0.465 e. The number of hydrogen-bond donors (Lipinski definition) is 5. The van der Waals surface area contributed by atoms with Crippen molar-refractivity contribution in [3.63, 3.8) is 0 Å². The van der Waals surface area contributed by atoms with E-state index in [1.807, 2.05) is 36.0 Å². The third-order valence-electron chi connectivity index (χ3n) is 9.25. The topological polar surface area (TPSA) is 153 Å². The summed E-state index contributed by atoms with van der Waals surface area (Å²) in [6.07, 6.45) is 5.84. The minimum Gasteiger partial charge on any atom is -0.465 e. The Balaban J connectivity index is 0.938. The smallest absolute Gasteiger partial charge is 0.337 e. The Morgan fingerprint density at radius 3 is 2.65 bits per heavy atom. The zero-order valence-corrected chi connectivity index (χ0v) is 29.0. The van der Waals surface area contributed by atoms with Gasteiger partial charge in [0.2, 0.25) is 5.91 Å². The van der Waals surface area contributed by atoms with E-state index >= 15 is 0 Å². The molecule has 0 radical (unpaired) electrons. The van der Waals surface area contributed by atoms with Gasteiger partial charge in [-0.1, -0.05) is 42.8 Å². The average molecular weight is 687 g/mol. The zero-order valence-electron chi connectivity index (χ0n) is 28.2. The molecule has 49 heavy (non-hydrogen) atoms. The second kappa shape index (κ2) is 16.4. The number of esters is 1. The van der Waals surface area contributed by atoms with Crippen LogP contribution in [0.15, 0.2) is 48.5 Å². The molecule has 3 atom stereocenters. The summed E-state index contributed by atoms with van der Waals surface area (Å²) in [5, 5.41) is 14.9. The van der Waals surface area contributed by atoms with Crippen LogP contribution in [0.2, 0.25) is 0 Å². The Labute approximate surface area is 290 Å². The molecule has 2 aromatic carbocycles. The van der Waals surface area contributed by atoms with E-state index in [0.717, 1.165) is 90.8 Å². The van der Waals surface area contributed by atoms with Crippen molar-refractivity contribution >= 4 is 57.4 Å². The molecule has 2 saturated heterocycles. The molecule has 13 heteroatoms. The number of benzene rings is 2. The summed E-state index contributed by atoms with van der Waals surface area (Å²) in [7, 11) is 3.48. The molecule has 0 aliphatic carbocycles. The molecule has 5 N–H and O–H groups in total. The Bertz CT molecular complexity index is 1770. The number of nitrogens with zero attached hydrogens (tertiary/aromatic N) is 3. The molecular formula is C36H46N8O4S. The number of carbonyl (C=O) groups excluding carboxylic acids is 3. The number of nitrogens with one attached hydrogen (secondary N) is 5. The molecule has 2 aliphatic heterocycles. The summed E-state index contributed by atoms with van der Waals surface area (Å²) in [5.74, 6) is 2.17. The van der Waals surface area contributed by atoms with E-state index in [4.69, 9.17) is 14.7 Å². The second-order valence-corrected chi connectivity index (χ2v) is 14.2. The van der Waals surface area contributed by atoms with Crippen molar-refractivity contribution < 1.29 is 19.1 Å². The lowest BCUT2D eigenvalue weighted by molar-refractivity contribution is -0.121. The number of methoxy groups -OCH3 is 1. The first kappa shape index (κ1) is 34.5. The lowest BCUT2D eigenvalue weighted by Crippen LogP contribution is -2.36. The van der Waals surface area contributed by atoms with Gasteiger partial charge in [0.15, 0.2) is 0 Å². The van der Waals surface area contributed by atoms with Crippen molar-refractivity contribution in [3.8, 4) is 0 Å². The number of rotatable bonds is 17. The summed E-state index contributed by atoms with van der Waals surface area (Å²) in [4.78, 5) is 51.5. The number of carbonyl (C=O) groups is 3. The van der Waals surface area contributed by atoms with Gasteiger partial charge < -0.3 is 35.9 Å². The molecule has 12 nitrogen and oxygen atoms in total. The zero-order chi connectivity index (χ0) is 34.2. The van der Waals surface area contributed by atoms with Gasteiger partial charge in [-0.25, -0.2) is 19.6 Å². The van der Waals surface area contributed by atoms with Crippen LogP contribution in [-0.2, 0) is 16.0 Å². The van der Waals surface area contributed by atoms with E-state index in [1.165, 1.54) is 7.11 Å². The first-order valence-electron chi connectivity index (χ1n) is 17.2. The number of amides is 3. The van der Waals surface area contributed by atoms with Crippen molar-refractivity contribution in [3.05, 3.63) is 65.5 Å². The van der Waals surface area contributed by atoms with Crippen molar-refractivity contribution in [1.82, 2.24) is 35.8 Å². The van der Waals surface area contributed by atoms with Crippen molar-refractivity contribution in [2.24, 2.45) is 0 Å². The fourth-order valence-electron chi connectivity index (χ4n) is 6.68. The van der Waals surface area contributed by atoms with Gasteiger partial charge in [-0.05, 0) is 63.5 Å². The number of urea groups is 1. The molecule has 4 heterocycles. The molecule has 6 rings (SSSR count). The summed E-state index contributed by atoms with van der Waals surface area (Å²) in [6.45, 7) is 3.20. The molecule has 260 valence electrons.